The quantitative estimate of drug-likeness (QED) is 0.374. The fraction of sp³-hybridized carbons (Fsp3) is 0.118. The molecule has 0 unspecified atom stereocenters. The van der Waals surface area contributed by atoms with E-state index in [0.717, 1.165) is 34.0 Å². The Morgan fingerprint density at radius 1 is 1.23 bits per heavy atom. The van der Waals surface area contributed by atoms with Gasteiger partial charge in [-0.1, -0.05) is 18.2 Å². The average Bonchev–Trinajstić information content (AvgIpc) is 3.01. The summed E-state index contributed by atoms with van der Waals surface area (Å²) in [6.45, 7) is 0.0183. The van der Waals surface area contributed by atoms with Crippen molar-refractivity contribution in [3.8, 4) is 0 Å². The number of rotatable bonds is 5. The van der Waals surface area contributed by atoms with Gasteiger partial charge >= 0.3 is 5.97 Å². The van der Waals surface area contributed by atoms with E-state index in [4.69, 9.17) is 4.74 Å². The molecule has 3 rings (SSSR count). The molecule has 1 aromatic heterocycles. The van der Waals surface area contributed by atoms with Gasteiger partial charge in [-0.05, 0) is 29.0 Å². The molecule has 0 saturated carbocycles. The molecular formula is C17H13NO6S2. The second kappa shape index (κ2) is 6.85. The number of esters is 1. The molecule has 0 amide bonds. The van der Waals surface area contributed by atoms with Crippen LogP contribution in [0.2, 0.25) is 0 Å². The van der Waals surface area contributed by atoms with E-state index in [9.17, 15) is 23.3 Å². The van der Waals surface area contributed by atoms with Crippen LogP contribution >= 0.6 is 11.3 Å². The average molecular weight is 391 g/mol. The van der Waals surface area contributed by atoms with E-state index in [1.54, 1.807) is 0 Å². The molecule has 0 N–H and O–H groups in total. The maximum Gasteiger partial charge on any atom is 0.338 e. The monoisotopic (exact) mass is 391 g/mol. The van der Waals surface area contributed by atoms with Crippen molar-refractivity contribution in [2.45, 2.75) is 11.5 Å². The number of nitro benzene ring substituents is 1. The Kier molecular flexibility index (Phi) is 4.75. The highest BCUT2D eigenvalue weighted by Gasteiger charge is 2.24. The molecule has 0 spiro atoms. The van der Waals surface area contributed by atoms with Crippen LogP contribution in [0.3, 0.4) is 0 Å². The Hall–Kier alpha value is -2.78. The van der Waals surface area contributed by atoms with Crippen molar-refractivity contribution < 1.29 is 22.9 Å². The lowest BCUT2D eigenvalue weighted by Crippen LogP contribution is -2.08. The Balaban J connectivity index is 1.84. The van der Waals surface area contributed by atoms with Crippen LogP contribution in [-0.2, 0) is 21.2 Å². The molecule has 0 radical (unpaired) electrons. The second-order valence-electron chi connectivity index (χ2n) is 5.55. The summed E-state index contributed by atoms with van der Waals surface area (Å²) in [7, 11) is -3.79. The molecule has 0 aliphatic rings. The van der Waals surface area contributed by atoms with Crippen LogP contribution in [0.1, 0.15) is 15.9 Å². The first-order valence-electron chi connectivity index (χ1n) is 7.38. The molecule has 9 heteroatoms. The van der Waals surface area contributed by atoms with E-state index in [0.29, 0.717) is 0 Å². The summed E-state index contributed by atoms with van der Waals surface area (Å²) < 4.78 is 29.5. The van der Waals surface area contributed by atoms with Crippen LogP contribution in [-0.4, -0.2) is 25.6 Å². The van der Waals surface area contributed by atoms with Gasteiger partial charge < -0.3 is 4.74 Å². The number of hydrogen-bond donors (Lipinski definition) is 0. The molecule has 0 aliphatic carbocycles. The smallest absolute Gasteiger partial charge is 0.338 e. The molecule has 26 heavy (non-hydrogen) atoms. The van der Waals surface area contributed by atoms with E-state index in [-0.39, 0.29) is 12.2 Å². The first-order chi connectivity index (χ1) is 12.3. The van der Waals surface area contributed by atoms with E-state index in [1.165, 1.54) is 17.4 Å². The fourth-order valence-corrected chi connectivity index (χ4v) is 4.25. The highest BCUT2D eigenvalue weighted by molar-refractivity contribution is 7.90. The highest BCUT2D eigenvalue weighted by Crippen LogP contribution is 2.28. The maximum absolute atomic E-state index is 12.2. The van der Waals surface area contributed by atoms with Crippen LogP contribution in [0.15, 0.2) is 52.7 Å². The van der Waals surface area contributed by atoms with Crippen LogP contribution in [0.5, 0.6) is 0 Å². The van der Waals surface area contributed by atoms with Crippen LogP contribution < -0.4 is 0 Å². The molecular weight excluding hydrogens is 378 g/mol. The summed E-state index contributed by atoms with van der Waals surface area (Å²) in [5.74, 6) is -0.761. The molecule has 1 heterocycles. The molecule has 0 saturated heterocycles. The van der Waals surface area contributed by atoms with Gasteiger partial charge in [0.05, 0.1) is 10.5 Å². The molecule has 134 valence electrons. The van der Waals surface area contributed by atoms with Gasteiger partial charge in [0, 0.05) is 22.6 Å². The van der Waals surface area contributed by atoms with Crippen molar-refractivity contribution in [1.82, 2.24) is 0 Å². The summed E-state index contributed by atoms with van der Waals surface area (Å²) in [4.78, 5) is 22.1. The van der Waals surface area contributed by atoms with Gasteiger partial charge in [-0.15, -0.1) is 11.3 Å². The summed E-state index contributed by atoms with van der Waals surface area (Å²) in [5, 5.41) is 14.0. The molecule has 0 atom stereocenters. The first-order valence-corrected chi connectivity index (χ1v) is 10.1. The van der Waals surface area contributed by atoms with Gasteiger partial charge in [0.1, 0.15) is 11.5 Å². The zero-order valence-electron chi connectivity index (χ0n) is 13.5. The van der Waals surface area contributed by atoms with Crippen LogP contribution in [0.4, 0.5) is 5.69 Å². The molecule has 0 aliphatic heterocycles. The fourth-order valence-electron chi connectivity index (χ4n) is 2.47. The van der Waals surface area contributed by atoms with E-state index in [1.807, 2.05) is 29.6 Å². The van der Waals surface area contributed by atoms with Crippen LogP contribution in [0.25, 0.3) is 10.1 Å². The maximum atomic E-state index is 12.2. The molecule has 0 bridgehead atoms. The zero-order chi connectivity index (χ0) is 18.9. The van der Waals surface area contributed by atoms with Crippen LogP contribution in [0, 0.1) is 10.1 Å². The number of benzene rings is 2. The summed E-state index contributed by atoms with van der Waals surface area (Å²) in [5.41, 5.74) is 0.104. The lowest BCUT2D eigenvalue weighted by Gasteiger charge is -2.06. The Bertz CT molecular complexity index is 1120. The Morgan fingerprint density at radius 3 is 2.65 bits per heavy atom. The topological polar surface area (TPSA) is 104 Å². The Labute approximate surface area is 152 Å². The number of carbonyl (C=O) groups is 1. The minimum Gasteiger partial charge on any atom is -0.457 e. The number of hydrogen-bond acceptors (Lipinski definition) is 7. The lowest BCUT2D eigenvalue weighted by molar-refractivity contribution is -0.387. The van der Waals surface area contributed by atoms with Gasteiger partial charge in [-0.3, -0.25) is 10.1 Å². The normalized spacial score (nSPS) is 11.4. The standard InChI is InChI=1S/C17H13NO6S2/c1-26(22,23)16-7-6-11(8-14(16)18(20)21)17(19)24-9-12-10-25-15-5-3-2-4-13(12)15/h2-8,10H,9H2,1H3. The summed E-state index contributed by atoms with van der Waals surface area (Å²) in [6, 6.07) is 10.8. The number of nitrogens with zero attached hydrogens (tertiary/aromatic N) is 1. The van der Waals surface area contributed by atoms with Crippen molar-refractivity contribution in [3.05, 3.63) is 69.1 Å². The Morgan fingerprint density at radius 2 is 1.96 bits per heavy atom. The number of thiophene rings is 1. The van der Waals surface area contributed by atoms with Gasteiger partial charge in [-0.25, -0.2) is 13.2 Å². The largest absolute Gasteiger partial charge is 0.457 e. The first kappa shape index (κ1) is 18.0. The highest BCUT2D eigenvalue weighted by atomic mass is 32.2. The van der Waals surface area contributed by atoms with E-state index < -0.39 is 31.3 Å². The van der Waals surface area contributed by atoms with Crippen molar-refractivity contribution in [3.63, 3.8) is 0 Å². The van der Waals surface area contributed by atoms with Crippen molar-refractivity contribution >= 4 is 42.9 Å². The predicted octanol–water partition coefficient (Wildman–Crippen LogP) is 3.57. The van der Waals surface area contributed by atoms with Gasteiger partial charge in [0.2, 0.25) is 0 Å². The molecule has 7 nitrogen and oxygen atoms in total. The zero-order valence-corrected chi connectivity index (χ0v) is 15.2. The number of nitro groups is 1. The number of fused-ring (bicyclic) bond motifs is 1. The van der Waals surface area contributed by atoms with Gasteiger partial charge in [0.15, 0.2) is 9.84 Å². The molecule has 0 fully saturated rings. The SMILES string of the molecule is CS(=O)(=O)c1ccc(C(=O)OCc2csc3ccccc23)cc1[N+](=O)[O-]. The number of sulfone groups is 1. The predicted molar refractivity (Wildman–Crippen MR) is 97.2 cm³/mol. The third kappa shape index (κ3) is 3.58. The van der Waals surface area contributed by atoms with E-state index >= 15 is 0 Å². The summed E-state index contributed by atoms with van der Waals surface area (Å²) >= 11 is 1.53. The number of ether oxygens (including phenoxy) is 1. The minimum atomic E-state index is -3.79. The second-order valence-corrected chi connectivity index (χ2v) is 8.44. The third-order valence-electron chi connectivity index (χ3n) is 3.71. The van der Waals surface area contributed by atoms with Crippen molar-refractivity contribution in [1.29, 1.82) is 0 Å². The van der Waals surface area contributed by atoms with Crippen molar-refractivity contribution in [2.24, 2.45) is 0 Å². The molecule has 3 aromatic rings. The van der Waals surface area contributed by atoms with Gasteiger partial charge in [-0.2, -0.15) is 0 Å². The third-order valence-corrected chi connectivity index (χ3v) is 5.87. The molecule has 2 aromatic carbocycles. The summed E-state index contributed by atoms with van der Waals surface area (Å²) in [6.07, 6.45) is 0.870. The van der Waals surface area contributed by atoms with Crippen molar-refractivity contribution in [2.75, 3.05) is 6.26 Å². The van der Waals surface area contributed by atoms with E-state index in [2.05, 4.69) is 0 Å². The lowest BCUT2D eigenvalue weighted by atomic mass is 10.2. The number of carbonyl (C=O) groups excluding carboxylic acids is 1. The minimum absolute atomic E-state index is 0.0183. The van der Waals surface area contributed by atoms with Gasteiger partial charge in [0.25, 0.3) is 5.69 Å².